The minimum atomic E-state index is -4.57. The maximum absolute atomic E-state index is 12.9. The van der Waals surface area contributed by atoms with E-state index in [4.69, 9.17) is 0 Å². The van der Waals surface area contributed by atoms with Gasteiger partial charge in [0.05, 0.1) is 10.6 Å². The molecule has 0 saturated heterocycles. The summed E-state index contributed by atoms with van der Waals surface area (Å²) in [6.07, 6.45) is -1.68. The Hall–Kier alpha value is -1.88. The van der Waals surface area contributed by atoms with E-state index in [1.54, 1.807) is 18.3 Å². The number of aromatic amines is 1. The lowest BCUT2D eigenvalue weighted by atomic mass is 9.89. The lowest BCUT2D eigenvalue weighted by Gasteiger charge is -2.17. The summed E-state index contributed by atoms with van der Waals surface area (Å²) in [5, 5.41) is 7.24. The predicted octanol–water partition coefficient (Wildman–Crippen LogP) is 4.11. The second-order valence-electron chi connectivity index (χ2n) is 7.11. The number of hydrogen-bond donors (Lipinski definition) is 1. The van der Waals surface area contributed by atoms with Crippen molar-refractivity contribution < 1.29 is 13.2 Å². The van der Waals surface area contributed by atoms with Crippen LogP contribution in [0.25, 0.3) is 10.2 Å². The monoisotopic (exact) mass is 429 g/mol. The van der Waals surface area contributed by atoms with Crippen LogP contribution < -0.4 is 5.56 Å². The van der Waals surface area contributed by atoms with Crippen molar-refractivity contribution in [2.75, 3.05) is 0 Å². The first-order chi connectivity index (χ1) is 13.1. The van der Waals surface area contributed by atoms with Gasteiger partial charge in [0, 0.05) is 11.9 Å². The largest absolute Gasteiger partial charge is 0.451 e. The molecule has 0 spiro atoms. The second-order valence-corrected chi connectivity index (χ2v) is 9.50. The van der Waals surface area contributed by atoms with Gasteiger partial charge in [-0.2, -0.15) is 13.2 Å². The van der Waals surface area contributed by atoms with Crippen LogP contribution in [-0.2, 0) is 26.1 Å². The van der Waals surface area contributed by atoms with Gasteiger partial charge in [-0.05, 0) is 37.7 Å². The standard InChI is InChI=1S/C17H18F3N5OS2/c1-7-4-5-9-10(6-7)28-14-11(9)13(26)21-12(22-14)8(2)27-16-24-23-15(25(16)3)17(18,19)20/h7-8H,4-6H2,1-3H3,(H,21,22,26). The zero-order chi connectivity index (χ0) is 20.2. The first-order valence-electron chi connectivity index (χ1n) is 8.82. The van der Waals surface area contributed by atoms with Crippen molar-refractivity contribution in [2.24, 2.45) is 13.0 Å². The molecule has 3 aromatic rings. The van der Waals surface area contributed by atoms with E-state index in [1.807, 2.05) is 0 Å². The first-order valence-corrected chi connectivity index (χ1v) is 10.5. The molecule has 0 bridgehead atoms. The van der Waals surface area contributed by atoms with Crippen LogP contribution in [-0.4, -0.2) is 24.7 Å². The van der Waals surface area contributed by atoms with Gasteiger partial charge in [-0.25, -0.2) is 4.98 Å². The van der Waals surface area contributed by atoms with Crippen LogP contribution in [0.2, 0.25) is 0 Å². The first kappa shape index (κ1) is 19.4. The number of aryl methyl sites for hydroxylation is 1. The van der Waals surface area contributed by atoms with E-state index < -0.39 is 12.0 Å². The fourth-order valence-corrected chi connectivity index (χ4v) is 5.70. The molecule has 1 aliphatic carbocycles. The van der Waals surface area contributed by atoms with Gasteiger partial charge in [0.1, 0.15) is 10.7 Å². The summed E-state index contributed by atoms with van der Waals surface area (Å²) in [5.41, 5.74) is 0.912. The van der Waals surface area contributed by atoms with E-state index in [0.29, 0.717) is 22.0 Å². The normalized spacial score (nSPS) is 18.4. The number of halogens is 3. The van der Waals surface area contributed by atoms with Crippen LogP contribution in [0.5, 0.6) is 0 Å². The molecule has 0 radical (unpaired) electrons. The molecular weight excluding hydrogens is 411 g/mol. The second kappa shape index (κ2) is 6.87. The van der Waals surface area contributed by atoms with Gasteiger partial charge in [0.2, 0.25) is 5.82 Å². The molecule has 150 valence electrons. The van der Waals surface area contributed by atoms with Crippen molar-refractivity contribution in [3.8, 4) is 0 Å². The number of H-pyrrole nitrogens is 1. The summed E-state index contributed by atoms with van der Waals surface area (Å²) < 4.78 is 39.6. The number of thioether (sulfide) groups is 1. The van der Waals surface area contributed by atoms with Crippen LogP contribution in [0, 0.1) is 5.92 Å². The van der Waals surface area contributed by atoms with Crippen molar-refractivity contribution in [3.05, 3.63) is 32.4 Å². The van der Waals surface area contributed by atoms with Gasteiger partial charge < -0.3 is 9.55 Å². The summed E-state index contributed by atoms with van der Waals surface area (Å²) in [5.74, 6) is -0.0443. The lowest BCUT2D eigenvalue weighted by Crippen LogP contribution is -2.15. The molecule has 3 aromatic heterocycles. The fourth-order valence-electron chi connectivity index (χ4n) is 3.44. The van der Waals surface area contributed by atoms with Crippen LogP contribution in [0.3, 0.4) is 0 Å². The highest BCUT2D eigenvalue weighted by molar-refractivity contribution is 7.99. The van der Waals surface area contributed by atoms with Crippen molar-refractivity contribution in [1.82, 2.24) is 24.7 Å². The maximum Gasteiger partial charge on any atom is 0.451 e. The third-order valence-corrected chi connectivity index (χ3v) is 7.23. The summed E-state index contributed by atoms with van der Waals surface area (Å²) >= 11 is 2.62. The number of fused-ring (bicyclic) bond motifs is 3. The molecule has 1 aliphatic rings. The smallest absolute Gasteiger partial charge is 0.309 e. The predicted molar refractivity (Wildman–Crippen MR) is 102 cm³/mol. The Balaban J connectivity index is 1.66. The van der Waals surface area contributed by atoms with Crippen molar-refractivity contribution in [1.29, 1.82) is 0 Å². The Morgan fingerprint density at radius 3 is 2.79 bits per heavy atom. The maximum atomic E-state index is 12.9. The zero-order valence-corrected chi connectivity index (χ0v) is 17.1. The van der Waals surface area contributed by atoms with Gasteiger partial charge in [-0.1, -0.05) is 18.7 Å². The van der Waals surface area contributed by atoms with Crippen LogP contribution >= 0.6 is 23.1 Å². The molecular formula is C17H18F3N5OS2. The van der Waals surface area contributed by atoms with E-state index in [0.717, 1.165) is 41.2 Å². The molecule has 6 nitrogen and oxygen atoms in total. The third kappa shape index (κ3) is 3.34. The minimum Gasteiger partial charge on any atom is -0.309 e. The molecule has 2 atom stereocenters. The Bertz CT molecular complexity index is 1100. The Kier molecular flexibility index (Phi) is 4.77. The number of hydrogen-bond acceptors (Lipinski definition) is 6. The van der Waals surface area contributed by atoms with Crippen molar-refractivity contribution in [3.63, 3.8) is 0 Å². The topological polar surface area (TPSA) is 76.5 Å². The molecule has 2 unspecified atom stereocenters. The Morgan fingerprint density at radius 1 is 1.36 bits per heavy atom. The zero-order valence-electron chi connectivity index (χ0n) is 15.4. The highest BCUT2D eigenvalue weighted by Gasteiger charge is 2.37. The number of aromatic nitrogens is 5. The lowest BCUT2D eigenvalue weighted by molar-refractivity contribution is -0.147. The van der Waals surface area contributed by atoms with E-state index in [-0.39, 0.29) is 16.0 Å². The van der Waals surface area contributed by atoms with Gasteiger partial charge in [0.25, 0.3) is 5.56 Å². The molecule has 4 rings (SSSR count). The molecule has 3 heterocycles. The van der Waals surface area contributed by atoms with Gasteiger partial charge in [-0.15, -0.1) is 21.5 Å². The molecule has 0 saturated carbocycles. The van der Waals surface area contributed by atoms with Crippen molar-refractivity contribution >= 4 is 33.3 Å². The molecule has 28 heavy (non-hydrogen) atoms. The summed E-state index contributed by atoms with van der Waals surface area (Å²) in [6, 6.07) is 0. The summed E-state index contributed by atoms with van der Waals surface area (Å²) in [6.45, 7) is 3.97. The average molecular weight is 429 g/mol. The van der Waals surface area contributed by atoms with Crippen LogP contribution in [0.4, 0.5) is 13.2 Å². The molecule has 0 fully saturated rings. The van der Waals surface area contributed by atoms with E-state index in [9.17, 15) is 18.0 Å². The molecule has 0 aromatic carbocycles. The van der Waals surface area contributed by atoms with Gasteiger partial charge in [-0.3, -0.25) is 4.79 Å². The summed E-state index contributed by atoms with van der Waals surface area (Å²) in [7, 11) is 1.27. The van der Waals surface area contributed by atoms with Crippen LogP contribution in [0.1, 0.15) is 47.6 Å². The Morgan fingerprint density at radius 2 is 2.11 bits per heavy atom. The van der Waals surface area contributed by atoms with Crippen molar-refractivity contribution in [2.45, 2.75) is 49.7 Å². The Labute approximate surface area is 166 Å². The highest BCUT2D eigenvalue weighted by atomic mass is 32.2. The van der Waals surface area contributed by atoms with Gasteiger partial charge in [0.15, 0.2) is 5.16 Å². The fraction of sp³-hybridized carbons (Fsp3) is 0.529. The van der Waals surface area contributed by atoms with Gasteiger partial charge >= 0.3 is 6.18 Å². The molecule has 0 aliphatic heterocycles. The molecule has 1 N–H and O–H groups in total. The number of thiophene rings is 1. The number of nitrogens with one attached hydrogen (secondary N) is 1. The van der Waals surface area contributed by atoms with E-state index in [1.165, 1.54) is 11.9 Å². The quantitative estimate of drug-likeness (QED) is 0.634. The average Bonchev–Trinajstić information content (AvgIpc) is 3.14. The number of alkyl halides is 3. The number of rotatable bonds is 3. The van der Waals surface area contributed by atoms with Crippen LogP contribution in [0.15, 0.2) is 9.95 Å². The third-order valence-electron chi connectivity index (χ3n) is 4.94. The molecule has 11 heteroatoms. The van der Waals surface area contributed by atoms with E-state index in [2.05, 4.69) is 27.1 Å². The highest BCUT2D eigenvalue weighted by Crippen LogP contribution is 2.38. The SMILES string of the molecule is CC1CCc2c(sc3nc(C(C)Sc4nnc(C(F)(F)F)n4C)[nH]c(=O)c23)C1. The number of nitrogens with zero attached hydrogens (tertiary/aromatic N) is 4. The van der Waals surface area contributed by atoms with E-state index >= 15 is 0 Å². The minimum absolute atomic E-state index is 0.113. The summed E-state index contributed by atoms with van der Waals surface area (Å²) in [4.78, 5) is 22.0. The molecule has 0 amide bonds.